The minimum atomic E-state index is -0.361. The third kappa shape index (κ3) is 4.64. The van der Waals surface area contributed by atoms with Crippen molar-refractivity contribution >= 4 is 17.7 Å². The largest absolute Gasteiger partial charge is 0.455 e. The van der Waals surface area contributed by atoms with Crippen LogP contribution >= 0.6 is 11.8 Å². The molecule has 4 rings (SSSR count). The summed E-state index contributed by atoms with van der Waals surface area (Å²) < 4.78 is 16.5. The van der Waals surface area contributed by atoms with E-state index in [1.54, 1.807) is 23.9 Å². The standard InChI is InChI=1S/C22H21NO4S/c24-22(19-10-4-5-11-21(19)28-15-18-9-6-12-25-18)26-14-17-13-20(27-23-17)16-7-2-1-3-8-16/h1-5,7-8,10-11,13,18H,6,9,12,14-15H2/t18-/m0/s1. The van der Waals surface area contributed by atoms with Gasteiger partial charge in [0.05, 0.1) is 11.7 Å². The average Bonchev–Trinajstić information content (AvgIpc) is 3.43. The third-order valence-electron chi connectivity index (χ3n) is 4.52. The fourth-order valence-corrected chi connectivity index (χ4v) is 4.17. The Morgan fingerprint density at radius 1 is 1.14 bits per heavy atom. The molecule has 144 valence electrons. The molecule has 2 heterocycles. The summed E-state index contributed by atoms with van der Waals surface area (Å²) in [5, 5.41) is 4.00. The number of esters is 1. The lowest BCUT2D eigenvalue weighted by molar-refractivity contribution is 0.0460. The van der Waals surface area contributed by atoms with Gasteiger partial charge in [-0.3, -0.25) is 0 Å². The van der Waals surface area contributed by atoms with Gasteiger partial charge in [0.25, 0.3) is 0 Å². The quantitative estimate of drug-likeness (QED) is 0.416. The lowest BCUT2D eigenvalue weighted by Gasteiger charge is -2.11. The van der Waals surface area contributed by atoms with Crippen LogP contribution in [0.15, 0.2) is 70.1 Å². The summed E-state index contributed by atoms with van der Waals surface area (Å²) in [5.74, 6) is 1.13. The van der Waals surface area contributed by atoms with Gasteiger partial charge in [-0.2, -0.15) is 0 Å². The highest BCUT2D eigenvalue weighted by Gasteiger charge is 2.19. The first-order valence-corrected chi connectivity index (χ1v) is 10.3. The molecule has 0 aliphatic carbocycles. The Balaban J connectivity index is 1.37. The van der Waals surface area contributed by atoms with Crippen molar-refractivity contribution in [3.63, 3.8) is 0 Å². The van der Waals surface area contributed by atoms with Crippen LogP contribution in [-0.4, -0.2) is 29.6 Å². The first-order chi connectivity index (χ1) is 13.8. The van der Waals surface area contributed by atoms with Gasteiger partial charge < -0.3 is 14.0 Å². The second-order valence-corrected chi connectivity index (χ2v) is 7.63. The highest BCUT2D eigenvalue weighted by molar-refractivity contribution is 7.99. The molecule has 0 spiro atoms. The van der Waals surface area contributed by atoms with Crippen molar-refractivity contribution in [3.8, 4) is 11.3 Å². The van der Waals surface area contributed by atoms with Crippen molar-refractivity contribution in [1.82, 2.24) is 5.16 Å². The Kier molecular flexibility index (Phi) is 6.09. The molecule has 0 radical (unpaired) electrons. The SMILES string of the molecule is O=C(OCc1cc(-c2ccccc2)on1)c1ccccc1SC[C@@H]1CCCO1. The van der Waals surface area contributed by atoms with Gasteiger partial charge in [-0.25, -0.2) is 4.79 Å². The highest BCUT2D eigenvalue weighted by Crippen LogP contribution is 2.27. The molecule has 28 heavy (non-hydrogen) atoms. The Hall–Kier alpha value is -2.57. The molecule has 2 aromatic carbocycles. The van der Waals surface area contributed by atoms with Gasteiger partial charge in [0, 0.05) is 28.9 Å². The van der Waals surface area contributed by atoms with Crippen molar-refractivity contribution in [3.05, 3.63) is 71.9 Å². The number of carbonyl (C=O) groups excluding carboxylic acids is 1. The second-order valence-electron chi connectivity index (χ2n) is 6.57. The van der Waals surface area contributed by atoms with Gasteiger partial charge in [0.15, 0.2) is 5.76 Å². The van der Waals surface area contributed by atoms with Crippen LogP contribution < -0.4 is 0 Å². The van der Waals surface area contributed by atoms with E-state index in [1.807, 2.05) is 48.5 Å². The zero-order valence-electron chi connectivity index (χ0n) is 15.4. The summed E-state index contributed by atoms with van der Waals surface area (Å²) >= 11 is 1.64. The van der Waals surface area contributed by atoms with Crippen LogP contribution in [0.25, 0.3) is 11.3 Å². The zero-order chi connectivity index (χ0) is 19.2. The number of aromatic nitrogens is 1. The summed E-state index contributed by atoms with van der Waals surface area (Å²) in [4.78, 5) is 13.5. The molecule has 0 bridgehead atoms. The van der Waals surface area contributed by atoms with Gasteiger partial charge in [-0.15, -0.1) is 11.8 Å². The number of carbonyl (C=O) groups is 1. The van der Waals surface area contributed by atoms with E-state index >= 15 is 0 Å². The van der Waals surface area contributed by atoms with E-state index in [0.29, 0.717) is 17.0 Å². The van der Waals surface area contributed by atoms with E-state index in [4.69, 9.17) is 14.0 Å². The molecule has 1 aromatic heterocycles. The normalized spacial score (nSPS) is 16.2. The Bertz CT molecular complexity index is 919. The molecular formula is C22H21NO4S. The van der Waals surface area contributed by atoms with Crippen LogP contribution in [0.4, 0.5) is 0 Å². The lowest BCUT2D eigenvalue weighted by Crippen LogP contribution is -2.10. The molecular weight excluding hydrogens is 374 g/mol. The Morgan fingerprint density at radius 2 is 1.96 bits per heavy atom. The predicted molar refractivity (Wildman–Crippen MR) is 107 cm³/mol. The number of thioether (sulfide) groups is 1. The van der Waals surface area contributed by atoms with Crippen molar-refractivity contribution in [1.29, 1.82) is 0 Å². The molecule has 0 unspecified atom stereocenters. The molecule has 1 fully saturated rings. The minimum Gasteiger partial charge on any atom is -0.455 e. The van der Waals surface area contributed by atoms with E-state index in [1.165, 1.54) is 0 Å². The molecule has 1 aliphatic heterocycles. The molecule has 1 saturated heterocycles. The summed E-state index contributed by atoms with van der Waals surface area (Å²) in [6, 6.07) is 19.0. The molecule has 5 nitrogen and oxygen atoms in total. The fraction of sp³-hybridized carbons (Fsp3) is 0.273. The predicted octanol–water partition coefficient (Wildman–Crippen LogP) is 4.97. The second kappa shape index (κ2) is 9.08. The third-order valence-corrected chi connectivity index (χ3v) is 5.73. The van der Waals surface area contributed by atoms with Crippen LogP contribution in [0, 0.1) is 0 Å². The number of hydrogen-bond donors (Lipinski definition) is 0. The molecule has 3 aromatic rings. The van der Waals surface area contributed by atoms with Crippen LogP contribution in [0.1, 0.15) is 28.9 Å². The van der Waals surface area contributed by atoms with Gasteiger partial charge in [0.1, 0.15) is 12.3 Å². The average molecular weight is 395 g/mol. The molecule has 6 heteroatoms. The number of nitrogens with zero attached hydrogens (tertiary/aromatic N) is 1. The van der Waals surface area contributed by atoms with E-state index in [2.05, 4.69) is 5.16 Å². The molecule has 0 saturated carbocycles. The van der Waals surface area contributed by atoms with Crippen LogP contribution in [0.5, 0.6) is 0 Å². The summed E-state index contributed by atoms with van der Waals surface area (Å²) in [6.45, 7) is 0.900. The van der Waals surface area contributed by atoms with Gasteiger partial charge in [-0.05, 0) is 25.0 Å². The molecule has 1 atom stereocenters. The van der Waals surface area contributed by atoms with Gasteiger partial charge in [0.2, 0.25) is 0 Å². The topological polar surface area (TPSA) is 61.6 Å². The Morgan fingerprint density at radius 3 is 2.79 bits per heavy atom. The van der Waals surface area contributed by atoms with E-state index in [9.17, 15) is 4.79 Å². The van der Waals surface area contributed by atoms with Crippen LogP contribution in [0.3, 0.4) is 0 Å². The first kappa shape index (κ1) is 18.8. The zero-order valence-corrected chi connectivity index (χ0v) is 16.2. The number of rotatable bonds is 7. The van der Waals surface area contributed by atoms with Crippen molar-refractivity contribution < 1.29 is 18.8 Å². The van der Waals surface area contributed by atoms with Crippen molar-refractivity contribution in [2.45, 2.75) is 30.4 Å². The van der Waals surface area contributed by atoms with E-state index in [-0.39, 0.29) is 18.7 Å². The minimum absolute atomic E-state index is 0.0693. The van der Waals surface area contributed by atoms with Gasteiger partial charge in [-0.1, -0.05) is 47.6 Å². The number of hydrogen-bond acceptors (Lipinski definition) is 6. The van der Waals surface area contributed by atoms with Crippen molar-refractivity contribution in [2.24, 2.45) is 0 Å². The monoisotopic (exact) mass is 395 g/mol. The number of ether oxygens (including phenoxy) is 2. The fourth-order valence-electron chi connectivity index (χ4n) is 3.06. The van der Waals surface area contributed by atoms with E-state index in [0.717, 1.165) is 35.7 Å². The molecule has 0 amide bonds. The van der Waals surface area contributed by atoms with Crippen LogP contribution in [-0.2, 0) is 16.1 Å². The smallest absolute Gasteiger partial charge is 0.339 e. The highest BCUT2D eigenvalue weighted by atomic mass is 32.2. The maximum atomic E-state index is 12.6. The van der Waals surface area contributed by atoms with Gasteiger partial charge >= 0.3 is 5.97 Å². The summed E-state index contributed by atoms with van der Waals surface area (Å²) in [6.07, 6.45) is 2.45. The maximum Gasteiger partial charge on any atom is 0.339 e. The lowest BCUT2D eigenvalue weighted by atomic mass is 10.2. The van der Waals surface area contributed by atoms with Crippen molar-refractivity contribution in [2.75, 3.05) is 12.4 Å². The maximum absolute atomic E-state index is 12.6. The molecule has 1 aliphatic rings. The number of benzene rings is 2. The summed E-state index contributed by atoms with van der Waals surface area (Å²) in [7, 11) is 0. The van der Waals surface area contributed by atoms with E-state index < -0.39 is 0 Å². The first-order valence-electron chi connectivity index (χ1n) is 9.31. The molecule has 0 N–H and O–H groups in total. The van der Waals surface area contributed by atoms with Crippen LogP contribution in [0.2, 0.25) is 0 Å². The Labute approximate surface area is 168 Å². The summed E-state index contributed by atoms with van der Waals surface area (Å²) in [5.41, 5.74) is 2.08.